The van der Waals surface area contributed by atoms with E-state index in [-0.39, 0.29) is 23.3 Å². The highest BCUT2D eigenvalue weighted by molar-refractivity contribution is 8.00. The molecule has 0 radical (unpaired) electrons. The van der Waals surface area contributed by atoms with E-state index in [4.69, 9.17) is 9.26 Å². The Balaban J connectivity index is 1.38. The van der Waals surface area contributed by atoms with Gasteiger partial charge in [-0.15, -0.1) is 11.8 Å². The number of benzene rings is 1. The molecule has 1 aliphatic rings. The van der Waals surface area contributed by atoms with Gasteiger partial charge in [0.1, 0.15) is 5.76 Å². The Morgan fingerprint density at radius 1 is 1.28 bits per heavy atom. The largest absolute Gasteiger partial charge is 0.452 e. The summed E-state index contributed by atoms with van der Waals surface area (Å²) in [6, 6.07) is 9.62. The number of rotatable bonds is 7. The van der Waals surface area contributed by atoms with Gasteiger partial charge in [0, 0.05) is 19.2 Å². The van der Waals surface area contributed by atoms with Crippen molar-refractivity contribution in [3.8, 4) is 0 Å². The highest BCUT2D eigenvalue weighted by Crippen LogP contribution is 2.19. The van der Waals surface area contributed by atoms with Crippen LogP contribution in [0.3, 0.4) is 0 Å². The van der Waals surface area contributed by atoms with Gasteiger partial charge in [0.2, 0.25) is 5.91 Å². The third-order valence-corrected chi connectivity index (χ3v) is 5.35. The molecule has 0 unspecified atom stereocenters. The van der Waals surface area contributed by atoms with E-state index in [0.29, 0.717) is 24.7 Å². The first-order valence-corrected chi connectivity index (χ1v) is 10.4. The number of amides is 2. The molecule has 1 aliphatic heterocycles. The van der Waals surface area contributed by atoms with Crippen molar-refractivity contribution >= 4 is 35.4 Å². The second-order valence-corrected chi connectivity index (χ2v) is 7.76. The average molecular weight is 417 g/mol. The van der Waals surface area contributed by atoms with Crippen molar-refractivity contribution in [1.82, 2.24) is 10.1 Å². The van der Waals surface area contributed by atoms with Crippen molar-refractivity contribution in [1.29, 1.82) is 0 Å². The normalized spacial score (nSPS) is 14.1. The summed E-state index contributed by atoms with van der Waals surface area (Å²) in [6.07, 6.45) is -0.0706. The number of carbonyl (C=O) groups is 3. The van der Waals surface area contributed by atoms with Crippen LogP contribution in [0.25, 0.3) is 0 Å². The zero-order valence-corrected chi connectivity index (χ0v) is 17.2. The van der Waals surface area contributed by atoms with Crippen molar-refractivity contribution < 1.29 is 23.6 Å². The van der Waals surface area contributed by atoms with E-state index >= 15 is 0 Å². The first-order valence-electron chi connectivity index (χ1n) is 9.28. The Kier molecular flexibility index (Phi) is 6.92. The molecule has 2 heterocycles. The van der Waals surface area contributed by atoms with Gasteiger partial charge in [-0.05, 0) is 31.4 Å². The molecule has 0 saturated heterocycles. The smallest absolute Gasteiger partial charge is 0.316 e. The van der Waals surface area contributed by atoms with Crippen LogP contribution in [-0.4, -0.2) is 52.0 Å². The number of nitrogens with one attached hydrogen (secondary N) is 1. The maximum absolute atomic E-state index is 12.6. The minimum atomic E-state index is -0.861. The third-order valence-electron chi connectivity index (χ3n) is 4.45. The number of aryl methyl sites for hydroxylation is 1. The number of anilines is 1. The van der Waals surface area contributed by atoms with E-state index in [2.05, 4.69) is 16.5 Å². The van der Waals surface area contributed by atoms with Crippen LogP contribution in [0.4, 0.5) is 5.82 Å². The first-order chi connectivity index (χ1) is 13.9. The molecule has 0 saturated carbocycles. The van der Waals surface area contributed by atoms with E-state index < -0.39 is 12.1 Å². The van der Waals surface area contributed by atoms with Gasteiger partial charge in [0.15, 0.2) is 11.9 Å². The van der Waals surface area contributed by atoms with Gasteiger partial charge in [0.25, 0.3) is 5.91 Å². The Hall–Kier alpha value is -2.81. The Morgan fingerprint density at radius 2 is 2.03 bits per heavy atom. The summed E-state index contributed by atoms with van der Waals surface area (Å²) in [7, 11) is 0. The number of esters is 1. The van der Waals surface area contributed by atoms with Crippen LogP contribution in [0, 0.1) is 6.92 Å². The lowest BCUT2D eigenvalue weighted by Crippen LogP contribution is -2.42. The molecule has 0 bridgehead atoms. The summed E-state index contributed by atoms with van der Waals surface area (Å²) >= 11 is 1.11. The number of ether oxygens (including phenoxy) is 1. The molecule has 0 fully saturated rings. The predicted octanol–water partition coefficient (Wildman–Crippen LogP) is 2.17. The second kappa shape index (κ2) is 9.60. The summed E-state index contributed by atoms with van der Waals surface area (Å²) in [5.41, 5.74) is 2.37. The fraction of sp³-hybridized carbons (Fsp3) is 0.400. The molecular formula is C20H23N3O5S. The van der Waals surface area contributed by atoms with Crippen LogP contribution in [-0.2, 0) is 32.1 Å². The topological polar surface area (TPSA) is 102 Å². The molecule has 0 spiro atoms. The van der Waals surface area contributed by atoms with Crippen molar-refractivity contribution in [3.05, 3.63) is 47.2 Å². The molecule has 8 nitrogen and oxygen atoms in total. The van der Waals surface area contributed by atoms with E-state index in [1.54, 1.807) is 24.8 Å². The number of nitrogens with zero attached hydrogens (tertiary/aromatic N) is 2. The van der Waals surface area contributed by atoms with E-state index in [9.17, 15) is 14.4 Å². The first kappa shape index (κ1) is 20.9. The summed E-state index contributed by atoms with van der Waals surface area (Å²) in [6.45, 7) is 4.42. The molecule has 1 atom stereocenters. The van der Waals surface area contributed by atoms with Gasteiger partial charge in [-0.3, -0.25) is 14.4 Å². The monoisotopic (exact) mass is 417 g/mol. The lowest BCUT2D eigenvalue weighted by molar-refractivity contribution is -0.157. The number of hydrogen-bond donors (Lipinski definition) is 1. The molecule has 29 heavy (non-hydrogen) atoms. The molecular weight excluding hydrogens is 394 g/mol. The molecule has 1 aromatic heterocycles. The summed E-state index contributed by atoms with van der Waals surface area (Å²) < 4.78 is 10.1. The number of fused-ring (bicyclic) bond motifs is 1. The average Bonchev–Trinajstić information content (AvgIpc) is 3.11. The number of thioether (sulfide) groups is 1. The molecule has 2 aromatic rings. The molecule has 1 N–H and O–H groups in total. The van der Waals surface area contributed by atoms with Crippen LogP contribution < -0.4 is 5.32 Å². The highest BCUT2D eigenvalue weighted by Gasteiger charge is 2.26. The van der Waals surface area contributed by atoms with Gasteiger partial charge in [-0.25, -0.2) is 0 Å². The molecule has 0 aliphatic carbocycles. The van der Waals surface area contributed by atoms with Crippen LogP contribution in [0.1, 0.15) is 23.8 Å². The number of hydrogen-bond acceptors (Lipinski definition) is 7. The zero-order chi connectivity index (χ0) is 20.8. The molecule has 154 valence electrons. The molecule has 1 aromatic carbocycles. The minimum Gasteiger partial charge on any atom is -0.452 e. The molecule has 9 heteroatoms. The summed E-state index contributed by atoms with van der Waals surface area (Å²) in [4.78, 5) is 38.1. The second-order valence-electron chi connectivity index (χ2n) is 6.77. The lowest BCUT2D eigenvalue weighted by atomic mass is 9.99. The maximum Gasteiger partial charge on any atom is 0.316 e. The SMILES string of the molecule is Cc1cc(NC(=O)CSCC(=O)O[C@H](C)C(=O)N2CCc3ccccc3C2)no1. The Morgan fingerprint density at radius 3 is 2.76 bits per heavy atom. The van der Waals surface area contributed by atoms with E-state index in [1.807, 2.05) is 18.2 Å². The van der Waals surface area contributed by atoms with Crippen LogP contribution >= 0.6 is 11.8 Å². The number of aromatic nitrogens is 1. The standard InChI is InChI=1S/C20H23N3O5S/c1-13-9-17(22-28-13)21-18(24)11-29-12-19(25)27-14(2)20(26)23-8-7-15-5-3-4-6-16(15)10-23/h3-6,9,14H,7-8,10-12H2,1-2H3,(H,21,22,24)/t14-/m1/s1. The summed E-state index contributed by atoms with van der Waals surface area (Å²) in [5, 5.41) is 6.24. The maximum atomic E-state index is 12.6. The lowest BCUT2D eigenvalue weighted by Gasteiger charge is -2.30. The van der Waals surface area contributed by atoms with E-state index in [0.717, 1.165) is 23.7 Å². The Labute approximate surface area is 172 Å². The van der Waals surface area contributed by atoms with Gasteiger partial charge in [-0.2, -0.15) is 0 Å². The fourth-order valence-corrected chi connectivity index (χ4v) is 3.65. The van der Waals surface area contributed by atoms with Crippen molar-refractivity contribution in [2.75, 3.05) is 23.4 Å². The fourth-order valence-electron chi connectivity index (χ4n) is 3.05. The van der Waals surface area contributed by atoms with Crippen LogP contribution in [0.5, 0.6) is 0 Å². The van der Waals surface area contributed by atoms with Crippen LogP contribution in [0.2, 0.25) is 0 Å². The summed E-state index contributed by atoms with van der Waals surface area (Å²) in [5.74, 6) is -0.0780. The van der Waals surface area contributed by atoms with Crippen molar-refractivity contribution in [3.63, 3.8) is 0 Å². The zero-order valence-electron chi connectivity index (χ0n) is 16.3. The van der Waals surface area contributed by atoms with Gasteiger partial charge < -0.3 is 19.5 Å². The Bertz CT molecular complexity index is 898. The van der Waals surface area contributed by atoms with Crippen molar-refractivity contribution in [2.24, 2.45) is 0 Å². The quantitative estimate of drug-likeness (QED) is 0.689. The number of carbonyl (C=O) groups excluding carboxylic acids is 3. The third kappa shape index (κ3) is 5.83. The van der Waals surface area contributed by atoms with Crippen molar-refractivity contribution in [2.45, 2.75) is 32.9 Å². The van der Waals surface area contributed by atoms with Crippen LogP contribution in [0.15, 0.2) is 34.9 Å². The highest BCUT2D eigenvalue weighted by atomic mass is 32.2. The van der Waals surface area contributed by atoms with Gasteiger partial charge in [0.05, 0.1) is 11.5 Å². The molecule has 3 rings (SSSR count). The molecule has 2 amide bonds. The predicted molar refractivity (Wildman–Crippen MR) is 108 cm³/mol. The van der Waals surface area contributed by atoms with Gasteiger partial charge in [-0.1, -0.05) is 29.4 Å². The van der Waals surface area contributed by atoms with E-state index in [1.165, 1.54) is 5.56 Å². The minimum absolute atomic E-state index is 0.0221. The van der Waals surface area contributed by atoms with Gasteiger partial charge >= 0.3 is 5.97 Å².